The lowest BCUT2D eigenvalue weighted by Gasteiger charge is -2.25. The summed E-state index contributed by atoms with van der Waals surface area (Å²) >= 11 is 0. The molecule has 9 nitrogen and oxygen atoms in total. The van der Waals surface area contributed by atoms with Crippen LogP contribution in [0.25, 0.3) is 0 Å². The van der Waals surface area contributed by atoms with Gasteiger partial charge in [-0.05, 0) is 12.7 Å². The van der Waals surface area contributed by atoms with Gasteiger partial charge in [0.15, 0.2) is 0 Å². The van der Waals surface area contributed by atoms with E-state index in [-0.39, 0.29) is 30.8 Å². The number of aliphatic carboxylic acids is 1. The Labute approximate surface area is 132 Å². The number of hydrogen-bond donors (Lipinski definition) is 5. The van der Waals surface area contributed by atoms with Gasteiger partial charge >= 0.3 is 13.1 Å². The molecule has 0 spiro atoms. The smallest absolute Gasteiger partial charge is 0.451 e. The number of nitrogens with one attached hydrogen (secondary N) is 1. The molecule has 0 aliphatic carbocycles. The van der Waals surface area contributed by atoms with Gasteiger partial charge < -0.3 is 31.1 Å². The van der Waals surface area contributed by atoms with Gasteiger partial charge in [0.2, 0.25) is 0 Å². The van der Waals surface area contributed by atoms with Crippen molar-refractivity contribution in [3.8, 4) is 0 Å². The van der Waals surface area contributed by atoms with Gasteiger partial charge in [-0.1, -0.05) is 6.42 Å². The first-order chi connectivity index (χ1) is 10.7. The lowest BCUT2D eigenvalue weighted by molar-refractivity contribution is -0.144. The zero-order chi connectivity index (χ0) is 17.4. The molecule has 0 unspecified atom stereocenters. The van der Waals surface area contributed by atoms with Gasteiger partial charge in [0.1, 0.15) is 16.9 Å². The minimum Gasteiger partial charge on any atom is -0.480 e. The van der Waals surface area contributed by atoms with Gasteiger partial charge in [0, 0.05) is 26.1 Å². The highest BCUT2D eigenvalue weighted by atomic mass is 16.4. The molecule has 10 heteroatoms. The third-order valence-electron chi connectivity index (χ3n) is 4.49. The normalized spacial score (nSPS) is 24.2. The number of rotatable bonds is 7. The largest absolute Gasteiger partial charge is 0.480 e. The molecule has 0 radical (unpaired) electrons. The molecule has 0 amide bonds. The fourth-order valence-corrected chi connectivity index (χ4v) is 3.16. The Morgan fingerprint density at radius 1 is 1.43 bits per heavy atom. The van der Waals surface area contributed by atoms with E-state index >= 15 is 0 Å². The maximum atomic E-state index is 11.8. The van der Waals surface area contributed by atoms with Crippen LogP contribution < -0.4 is 26.8 Å². The SMILES string of the molecule is CNc1c(N2C[C@H](CCCB(O)O)[C@](N)(C(=O)O)C2)c(=O)c1=O. The van der Waals surface area contributed by atoms with Gasteiger partial charge in [-0.2, -0.15) is 0 Å². The molecular weight excluding hydrogens is 305 g/mol. The van der Waals surface area contributed by atoms with E-state index in [9.17, 15) is 19.5 Å². The number of nitrogens with two attached hydrogens (primary N) is 1. The molecule has 1 aliphatic heterocycles. The Morgan fingerprint density at radius 2 is 2.09 bits per heavy atom. The zero-order valence-corrected chi connectivity index (χ0v) is 12.8. The molecule has 0 saturated carbocycles. The van der Waals surface area contributed by atoms with E-state index in [0.717, 1.165) is 0 Å². The Bertz CT molecular complexity index is 671. The van der Waals surface area contributed by atoms with Gasteiger partial charge in [0.25, 0.3) is 10.9 Å². The summed E-state index contributed by atoms with van der Waals surface area (Å²) in [7, 11) is 0.0666. The summed E-state index contributed by atoms with van der Waals surface area (Å²) < 4.78 is 0. The molecule has 1 heterocycles. The standard InChI is InChI=1S/C13H20BN3O6/c1-16-8-9(11(19)10(8)18)17-5-7(3-2-4-14(22)23)13(15,6-17)12(20)21/h7,16,22-23H,2-6,15H2,1H3,(H,20,21)/t7-,13-/m0/s1. The van der Waals surface area contributed by atoms with Crippen molar-refractivity contribution in [1.82, 2.24) is 0 Å². The molecule has 6 N–H and O–H groups in total. The topological polar surface area (TPSA) is 153 Å². The third-order valence-corrected chi connectivity index (χ3v) is 4.49. The molecule has 0 aromatic heterocycles. The monoisotopic (exact) mass is 325 g/mol. The fraction of sp³-hybridized carbons (Fsp3) is 0.615. The first-order valence-corrected chi connectivity index (χ1v) is 7.36. The molecule has 2 rings (SSSR count). The number of hydrogen-bond acceptors (Lipinski definition) is 8. The van der Waals surface area contributed by atoms with Crippen LogP contribution in [-0.4, -0.2) is 53.9 Å². The van der Waals surface area contributed by atoms with Crippen molar-refractivity contribution < 1.29 is 19.9 Å². The van der Waals surface area contributed by atoms with Crippen molar-refractivity contribution in [2.24, 2.45) is 11.7 Å². The summed E-state index contributed by atoms with van der Waals surface area (Å²) in [5, 5.41) is 29.9. The quantitative estimate of drug-likeness (QED) is 0.277. The van der Waals surface area contributed by atoms with Crippen LogP contribution in [0.2, 0.25) is 6.32 Å². The highest BCUT2D eigenvalue weighted by molar-refractivity contribution is 6.40. The van der Waals surface area contributed by atoms with E-state index in [4.69, 9.17) is 15.8 Å². The summed E-state index contributed by atoms with van der Waals surface area (Å²) in [6.45, 7) is 0.151. The van der Waals surface area contributed by atoms with E-state index in [0.29, 0.717) is 12.8 Å². The van der Waals surface area contributed by atoms with Crippen molar-refractivity contribution in [2.45, 2.75) is 24.7 Å². The van der Waals surface area contributed by atoms with Crippen molar-refractivity contribution in [1.29, 1.82) is 0 Å². The maximum Gasteiger partial charge on any atom is 0.451 e. The number of carboxylic acid groups (broad SMARTS) is 1. The summed E-state index contributed by atoms with van der Waals surface area (Å²) in [5.41, 5.74) is 3.57. The first-order valence-electron chi connectivity index (χ1n) is 7.36. The summed E-state index contributed by atoms with van der Waals surface area (Å²) in [6.07, 6.45) is 0.891. The predicted octanol–water partition coefficient (Wildman–Crippen LogP) is -2.20. The summed E-state index contributed by atoms with van der Waals surface area (Å²) in [6, 6.07) is 0. The average molecular weight is 325 g/mol. The minimum absolute atomic E-state index is 0.0752. The Kier molecular flexibility index (Phi) is 4.78. The average Bonchev–Trinajstić information content (AvgIpc) is 2.81. The highest BCUT2D eigenvalue weighted by Crippen LogP contribution is 2.34. The van der Waals surface area contributed by atoms with Crippen LogP contribution >= 0.6 is 0 Å². The van der Waals surface area contributed by atoms with Crippen molar-refractivity contribution in [2.75, 3.05) is 30.4 Å². The van der Waals surface area contributed by atoms with Crippen molar-refractivity contribution in [3.63, 3.8) is 0 Å². The van der Waals surface area contributed by atoms with E-state index in [1.807, 2.05) is 0 Å². The van der Waals surface area contributed by atoms with Gasteiger partial charge in [-0.25, -0.2) is 0 Å². The Morgan fingerprint density at radius 3 is 2.61 bits per heavy atom. The molecule has 1 saturated heterocycles. The summed E-state index contributed by atoms with van der Waals surface area (Å²) in [5.74, 6) is -1.65. The third kappa shape index (κ3) is 2.97. The summed E-state index contributed by atoms with van der Waals surface area (Å²) in [4.78, 5) is 36.3. The molecule has 1 aliphatic rings. The molecular formula is C13H20BN3O6. The molecule has 1 fully saturated rings. The Hall–Kier alpha value is -1.91. The first kappa shape index (κ1) is 17.4. The molecule has 23 heavy (non-hydrogen) atoms. The number of nitrogens with zero attached hydrogens (tertiary/aromatic N) is 1. The Balaban J connectivity index is 2.20. The fourth-order valence-electron chi connectivity index (χ4n) is 3.16. The number of anilines is 2. The minimum atomic E-state index is -1.55. The van der Waals surface area contributed by atoms with E-state index in [1.165, 1.54) is 11.9 Å². The zero-order valence-electron chi connectivity index (χ0n) is 12.8. The van der Waals surface area contributed by atoms with Crippen LogP contribution in [0.15, 0.2) is 9.59 Å². The van der Waals surface area contributed by atoms with Crippen LogP contribution in [0.5, 0.6) is 0 Å². The van der Waals surface area contributed by atoms with Crippen LogP contribution in [-0.2, 0) is 4.79 Å². The lowest BCUT2D eigenvalue weighted by atomic mass is 9.78. The molecule has 1 aromatic rings. The van der Waals surface area contributed by atoms with Crippen LogP contribution in [0.1, 0.15) is 12.8 Å². The molecule has 126 valence electrons. The van der Waals surface area contributed by atoms with E-state index in [1.54, 1.807) is 0 Å². The maximum absolute atomic E-state index is 11.8. The second kappa shape index (κ2) is 6.30. The van der Waals surface area contributed by atoms with Gasteiger partial charge in [0.05, 0.1) is 0 Å². The van der Waals surface area contributed by atoms with Crippen LogP contribution in [0, 0.1) is 5.92 Å². The van der Waals surface area contributed by atoms with E-state index in [2.05, 4.69) is 5.32 Å². The lowest BCUT2D eigenvalue weighted by Crippen LogP contribution is -2.55. The second-order valence-electron chi connectivity index (χ2n) is 5.97. The van der Waals surface area contributed by atoms with Crippen LogP contribution in [0.4, 0.5) is 11.4 Å². The molecule has 0 bridgehead atoms. The highest BCUT2D eigenvalue weighted by Gasteiger charge is 2.50. The van der Waals surface area contributed by atoms with E-state index < -0.39 is 35.4 Å². The number of carboxylic acids is 1. The molecule has 2 atom stereocenters. The predicted molar refractivity (Wildman–Crippen MR) is 85.4 cm³/mol. The second-order valence-corrected chi connectivity index (χ2v) is 5.97. The van der Waals surface area contributed by atoms with Crippen molar-refractivity contribution >= 4 is 24.5 Å². The van der Waals surface area contributed by atoms with Crippen LogP contribution in [0.3, 0.4) is 0 Å². The van der Waals surface area contributed by atoms with Crippen molar-refractivity contribution in [3.05, 3.63) is 20.4 Å². The number of carbonyl (C=O) groups is 1. The van der Waals surface area contributed by atoms with Gasteiger partial charge in [-0.15, -0.1) is 0 Å². The van der Waals surface area contributed by atoms with Gasteiger partial charge in [-0.3, -0.25) is 14.4 Å². The molecule has 1 aromatic carbocycles.